The monoisotopic (exact) mass is 303 g/mol. The molecule has 0 heterocycles. The maximum absolute atomic E-state index is 12.0. The van der Waals surface area contributed by atoms with Crippen molar-refractivity contribution in [1.82, 2.24) is 0 Å². The number of benzene rings is 1. The molecule has 3 nitrogen and oxygen atoms in total. The van der Waals surface area contributed by atoms with Gasteiger partial charge in [-0.15, -0.1) is 0 Å². The minimum Gasteiger partial charge on any atom is -0.276 e. The van der Waals surface area contributed by atoms with Crippen LogP contribution < -0.4 is 4.72 Å². The number of alkyl halides is 3. The van der Waals surface area contributed by atoms with Crippen molar-refractivity contribution in [2.24, 2.45) is 0 Å². The van der Waals surface area contributed by atoms with Crippen molar-refractivity contribution in [1.29, 1.82) is 0 Å². The molecule has 0 fully saturated rings. The quantitative estimate of drug-likeness (QED) is 0.913. The number of hydrogen-bond donors (Lipinski definition) is 1. The average molecular weight is 304 g/mol. The Morgan fingerprint density at radius 2 is 1.87 bits per heavy atom. The van der Waals surface area contributed by atoms with Crippen molar-refractivity contribution in [3.05, 3.63) is 28.7 Å². The van der Waals surface area contributed by atoms with Crippen LogP contribution in [-0.4, -0.2) is 13.9 Å². The smallest absolute Gasteiger partial charge is 0.276 e. The predicted octanol–water partition coefficient (Wildman–Crippen LogP) is 2.71. The summed E-state index contributed by atoms with van der Waals surface area (Å²) in [4.78, 5) is 0. The Morgan fingerprint density at radius 1 is 1.27 bits per heavy atom. The van der Waals surface area contributed by atoms with Gasteiger partial charge < -0.3 is 0 Å². The normalized spacial score (nSPS) is 12.5. The van der Waals surface area contributed by atoms with Crippen molar-refractivity contribution in [3.63, 3.8) is 0 Å². The van der Waals surface area contributed by atoms with E-state index >= 15 is 0 Å². The van der Waals surface area contributed by atoms with Gasteiger partial charge in [0.25, 0.3) is 0 Å². The number of anilines is 1. The van der Waals surface area contributed by atoms with Crippen LogP contribution in [0.25, 0.3) is 0 Å². The molecule has 0 saturated heterocycles. The third-order valence-corrected chi connectivity index (χ3v) is 2.99. The van der Waals surface area contributed by atoms with Gasteiger partial charge in [-0.1, -0.05) is 22.0 Å². The van der Waals surface area contributed by atoms with Gasteiger partial charge in [0.1, 0.15) is 0 Å². The van der Waals surface area contributed by atoms with E-state index in [1.165, 1.54) is 22.9 Å². The van der Waals surface area contributed by atoms with Gasteiger partial charge in [-0.3, -0.25) is 4.72 Å². The van der Waals surface area contributed by atoms with Crippen LogP contribution in [0.15, 0.2) is 28.7 Å². The summed E-state index contributed by atoms with van der Waals surface area (Å²) in [6, 6.07) is 5.42. The van der Waals surface area contributed by atoms with Crippen LogP contribution in [-0.2, 0) is 10.0 Å². The largest absolute Gasteiger partial charge is 0.516 e. The Morgan fingerprint density at radius 3 is 2.33 bits per heavy atom. The van der Waals surface area contributed by atoms with Gasteiger partial charge in [0, 0.05) is 10.2 Å². The standard InChI is InChI=1S/C7H5BrF3NO2S/c8-5-2-1-3-6(4-5)12-15(13,14)7(9,10)11/h1-4,12H. The van der Waals surface area contributed by atoms with Gasteiger partial charge in [0.2, 0.25) is 0 Å². The van der Waals surface area contributed by atoms with E-state index < -0.39 is 15.5 Å². The summed E-state index contributed by atoms with van der Waals surface area (Å²) in [5.74, 6) is 0. The first-order valence-corrected chi connectivity index (χ1v) is 5.85. The van der Waals surface area contributed by atoms with E-state index in [0.29, 0.717) is 4.47 Å². The van der Waals surface area contributed by atoms with E-state index in [-0.39, 0.29) is 5.69 Å². The Kier molecular flexibility index (Phi) is 3.29. The van der Waals surface area contributed by atoms with Crippen LogP contribution in [0.1, 0.15) is 0 Å². The summed E-state index contributed by atoms with van der Waals surface area (Å²) in [5.41, 5.74) is -5.46. The van der Waals surface area contributed by atoms with Crippen LogP contribution in [0.4, 0.5) is 18.9 Å². The van der Waals surface area contributed by atoms with Crippen LogP contribution in [0.2, 0.25) is 0 Å². The van der Waals surface area contributed by atoms with Crippen LogP contribution in [0, 0.1) is 0 Å². The van der Waals surface area contributed by atoms with E-state index in [9.17, 15) is 21.6 Å². The molecule has 0 aliphatic carbocycles. The summed E-state index contributed by atoms with van der Waals surface area (Å²) in [6.07, 6.45) is 0. The Hall–Kier alpha value is -0.760. The lowest BCUT2D eigenvalue weighted by Crippen LogP contribution is -2.29. The second kappa shape index (κ2) is 4.01. The molecule has 1 N–H and O–H groups in total. The molecule has 0 unspecified atom stereocenters. The fourth-order valence-corrected chi connectivity index (χ4v) is 1.72. The van der Waals surface area contributed by atoms with E-state index in [1.54, 1.807) is 6.07 Å². The van der Waals surface area contributed by atoms with Gasteiger partial charge in [0.15, 0.2) is 0 Å². The van der Waals surface area contributed by atoms with E-state index in [0.717, 1.165) is 0 Å². The molecular formula is C7H5BrF3NO2S. The molecule has 0 atom stereocenters. The lowest BCUT2D eigenvalue weighted by molar-refractivity contribution is -0.0429. The number of nitrogens with one attached hydrogen (secondary N) is 1. The third-order valence-electron chi connectivity index (χ3n) is 1.38. The van der Waals surface area contributed by atoms with Gasteiger partial charge in [0.05, 0.1) is 0 Å². The van der Waals surface area contributed by atoms with Crippen LogP contribution >= 0.6 is 15.9 Å². The lowest BCUT2D eigenvalue weighted by atomic mass is 10.3. The molecule has 0 bridgehead atoms. The molecule has 0 spiro atoms. The maximum atomic E-state index is 12.0. The summed E-state index contributed by atoms with van der Waals surface area (Å²) < 4.78 is 59.1. The zero-order valence-corrected chi connectivity index (χ0v) is 9.45. The zero-order valence-electron chi connectivity index (χ0n) is 7.05. The molecule has 1 aromatic rings. The number of rotatable bonds is 2. The summed E-state index contributed by atoms with van der Waals surface area (Å²) in [7, 11) is -5.34. The molecule has 0 radical (unpaired) electrons. The lowest BCUT2D eigenvalue weighted by Gasteiger charge is -2.10. The van der Waals surface area contributed by atoms with Crippen molar-refractivity contribution < 1.29 is 21.6 Å². The predicted molar refractivity (Wildman–Crippen MR) is 52.7 cm³/mol. The second-order valence-electron chi connectivity index (χ2n) is 2.56. The number of halogens is 4. The Bertz CT molecular complexity index is 458. The minimum absolute atomic E-state index is 0.151. The topological polar surface area (TPSA) is 46.2 Å². The number of hydrogen-bond acceptors (Lipinski definition) is 2. The van der Waals surface area contributed by atoms with Gasteiger partial charge in [-0.2, -0.15) is 21.6 Å². The first-order chi connectivity index (χ1) is 6.72. The van der Waals surface area contributed by atoms with Crippen LogP contribution in [0.3, 0.4) is 0 Å². The highest BCUT2D eigenvalue weighted by Crippen LogP contribution is 2.26. The van der Waals surface area contributed by atoms with Crippen molar-refractivity contribution in [3.8, 4) is 0 Å². The minimum atomic E-state index is -5.34. The fourth-order valence-electron chi connectivity index (χ4n) is 0.765. The molecule has 0 saturated carbocycles. The first-order valence-electron chi connectivity index (χ1n) is 3.57. The SMILES string of the molecule is O=S(=O)(Nc1cccc(Br)c1)C(F)(F)F. The molecule has 0 amide bonds. The third kappa shape index (κ3) is 3.10. The fraction of sp³-hybridized carbons (Fsp3) is 0.143. The van der Waals surface area contributed by atoms with Crippen molar-refractivity contribution in [2.75, 3.05) is 4.72 Å². The molecule has 1 aromatic carbocycles. The number of sulfonamides is 1. The second-order valence-corrected chi connectivity index (χ2v) is 5.15. The first kappa shape index (κ1) is 12.3. The Labute approximate surface area is 92.5 Å². The summed E-state index contributed by atoms with van der Waals surface area (Å²) in [5, 5.41) is 0. The molecule has 15 heavy (non-hydrogen) atoms. The van der Waals surface area contributed by atoms with Gasteiger partial charge in [-0.05, 0) is 18.2 Å². The highest BCUT2D eigenvalue weighted by Gasteiger charge is 2.45. The van der Waals surface area contributed by atoms with E-state index in [2.05, 4.69) is 15.9 Å². The van der Waals surface area contributed by atoms with E-state index in [1.807, 2.05) is 0 Å². The summed E-state index contributed by atoms with van der Waals surface area (Å²) >= 11 is 3.00. The van der Waals surface area contributed by atoms with Gasteiger partial charge in [-0.25, -0.2) is 0 Å². The summed E-state index contributed by atoms with van der Waals surface area (Å²) in [6.45, 7) is 0. The van der Waals surface area contributed by atoms with E-state index in [4.69, 9.17) is 0 Å². The van der Waals surface area contributed by atoms with Crippen molar-refractivity contribution >= 4 is 31.6 Å². The highest BCUT2D eigenvalue weighted by molar-refractivity contribution is 9.10. The molecule has 0 aliphatic rings. The van der Waals surface area contributed by atoms with Gasteiger partial charge >= 0.3 is 15.5 Å². The zero-order chi connectivity index (χ0) is 11.7. The molecule has 8 heteroatoms. The molecule has 1 rings (SSSR count). The average Bonchev–Trinajstić information content (AvgIpc) is 2.00. The molecule has 0 aliphatic heterocycles. The van der Waals surface area contributed by atoms with Crippen LogP contribution in [0.5, 0.6) is 0 Å². The molecular weight excluding hydrogens is 299 g/mol. The Balaban J connectivity index is 2.98. The molecule has 84 valence electrons. The molecule has 0 aromatic heterocycles. The van der Waals surface area contributed by atoms with Crippen molar-refractivity contribution in [2.45, 2.75) is 5.51 Å². The highest BCUT2D eigenvalue weighted by atomic mass is 79.9. The maximum Gasteiger partial charge on any atom is 0.516 e.